The molecule has 0 saturated carbocycles. The van der Waals surface area contributed by atoms with E-state index in [9.17, 15) is 4.79 Å². The molecule has 0 radical (unpaired) electrons. The summed E-state index contributed by atoms with van der Waals surface area (Å²) in [6.07, 6.45) is 0. The van der Waals surface area contributed by atoms with Gasteiger partial charge in [-0.25, -0.2) is 0 Å². The first-order valence-electron chi connectivity index (χ1n) is 4.47. The standard InChI is InChI=1S/C9H19NO3/c1-5-10-8(9(11)13-4)7(2)6-12-3/h7-8,10H,5-6H2,1-4H3. The Balaban J connectivity index is 4.13. The number of carbonyl (C=O) groups excluding carboxylic acids is 1. The van der Waals surface area contributed by atoms with Crippen molar-refractivity contribution in [3.8, 4) is 0 Å². The molecule has 0 bridgehead atoms. The van der Waals surface area contributed by atoms with Crippen molar-refractivity contribution in [2.75, 3.05) is 27.4 Å². The van der Waals surface area contributed by atoms with E-state index >= 15 is 0 Å². The van der Waals surface area contributed by atoms with E-state index in [1.807, 2.05) is 13.8 Å². The monoisotopic (exact) mass is 189 g/mol. The van der Waals surface area contributed by atoms with E-state index in [-0.39, 0.29) is 17.9 Å². The van der Waals surface area contributed by atoms with E-state index in [1.54, 1.807) is 7.11 Å². The van der Waals surface area contributed by atoms with Crippen LogP contribution in [0.25, 0.3) is 0 Å². The van der Waals surface area contributed by atoms with Crippen LogP contribution in [-0.2, 0) is 14.3 Å². The van der Waals surface area contributed by atoms with E-state index in [1.165, 1.54) is 7.11 Å². The van der Waals surface area contributed by atoms with Crippen molar-refractivity contribution < 1.29 is 14.3 Å². The quantitative estimate of drug-likeness (QED) is 0.615. The predicted octanol–water partition coefficient (Wildman–Crippen LogP) is 0.420. The number of hydrogen-bond acceptors (Lipinski definition) is 4. The fourth-order valence-electron chi connectivity index (χ4n) is 1.22. The van der Waals surface area contributed by atoms with Gasteiger partial charge in [-0.2, -0.15) is 0 Å². The zero-order chi connectivity index (χ0) is 10.3. The highest BCUT2D eigenvalue weighted by Gasteiger charge is 2.24. The molecule has 1 N–H and O–H groups in total. The van der Waals surface area contributed by atoms with E-state index in [4.69, 9.17) is 4.74 Å². The van der Waals surface area contributed by atoms with Crippen molar-refractivity contribution in [1.82, 2.24) is 5.32 Å². The third-order valence-corrected chi connectivity index (χ3v) is 1.88. The van der Waals surface area contributed by atoms with Crippen LogP contribution in [0, 0.1) is 5.92 Å². The van der Waals surface area contributed by atoms with E-state index in [2.05, 4.69) is 10.1 Å². The topological polar surface area (TPSA) is 47.6 Å². The summed E-state index contributed by atoms with van der Waals surface area (Å²) in [6.45, 7) is 5.20. The molecule has 2 unspecified atom stereocenters. The zero-order valence-corrected chi connectivity index (χ0v) is 8.79. The van der Waals surface area contributed by atoms with Crippen molar-refractivity contribution >= 4 is 5.97 Å². The second-order valence-electron chi connectivity index (χ2n) is 2.99. The van der Waals surface area contributed by atoms with Crippen molar-refractivity contribution in [2.24, 2.45) is 5.92 Å². The molecule has 4 heteroatoms. The molecule has 0 saturated heterocycles. The smallest absolute Gasteiger partial charge is 0.323 e. The molecule has 2 atom stereocenters. The highest BCUT2D eigenvalue weighted by molar-refractivity contribution is 5.75. The van der Waals surface area contributed by atoms with Crippen LogP contribution in [0.1, 0.15) is 13.8 Å². The van der Waals surface area contributed by atoms with Crippen LogP contribution in [0.5, 0.6) is 0 Å². The van der Waals surface area contributed by atoms with Crippen molar-refractivity contribution in [3.63, 3.8) is 0 Å². The van der Waals surface area contributed by atoms with Gasteiger partial charge >= 0.3 is 5.97 Å². The van der Waals surface area contributed by atoms with Crippen LogP contribution >= 0.6 is 0 Å². The number of esters is 1. The Morgan fingerprint density at radius 3 is 2.46 bits per heavy atom. The molecule has 0 spiro atoms. The predicted molar refractivity (Wildman–Crippen MR) is 50.5 cm³/mol. The van der Waals surface area contributed by atoms with Crippen LogP contribution in [0.2, 0.25) is 0 Å². The lowest BCUT2D eigenvalue weighted by molar-refractivity contribution is -0.145. The Labute approximate surface area is 79.6 Å². The van der Waals surface area contributed by atoms with Crippen LogP contribution in [0.15, 0.2) is 0 Å². The molecule has 0 aliphatic rings. The van der Waals surface area contributed by atoms with Gasteiger partial charge in [-0.05, 0) is 6.54 Å². The fraction of sp³-hybridized carbons (Fsp3) is 0.889. The molecule has 0 amide bonds. The Kier molecular flexibility index (Phi) is 6.54. The van der Waals surface area contributed by atoms with E-state index in [0.717, 1.165) is 6.54 Å². The van der Waals surface area contributed by atoms with Gasteiger partial charge in [0.05, 0.1) is 13.7 Å². The Hall–Kier alpha value is -0.610. The summed E-state index contributed by atoms with van der Waals surface area (Å²) in [7, 11) is 3.02. The normalized spacial score (nSPS) is 15.1. The fourth-order valence-corrected chi connectivity index (χ4v) is 1.22. The maximum Gasteiger partial charge on any atom is 0.323 e. The summed E-state index contributed by atoms with van der Waals surface area (Å²) in [5, 5.41) is 3.06. The SMILES string of the molecule is CCNC(C(=O)OC)C(C)COC. The average molecular weight is 189 g/mol. The molecule has 78 valence electrons. The molecule has 0 aliphatic carbocycles. The van der Waals surface area contributed by atoms with Crippen LogP contribution in [0.3, 0.4) is 0 Å². The number of ether oxygens (including phenoxy) is 2. The van der Waals surface area contributed by atoms with Gasteiger partial charge in [-0.3, -0.25) is 4.79 Å². The Morgan fingerprint density at radius 2 is 2.08 bits per heavy atom. The summed E-state index contributed by atoms with van der Waals surface area (Å²) in [6, 6.07) is -0.269. The third-order valence-electron chi connectivity index (χ3n) is 1.88. The second-order valence-corrected chi connectivity index (χ2v) is 2.99. The van der Waals surface area contributed by atoms with Gasteiger partial charge in [0.2, 0.25) is 0 Å². The van der Waals surface area contributed by atoms with Crippen LogP contribution in [-0.4, -0.2) is 39.4 Å². The molecule has 4 nitrogen and oxygen atoms in total. The molecular formula is C9H19NO3. The number of nitrogens with one attached hydrogen (secondary N) is 1. The Bertz CT molecular complexity index is 150. The van der Waals surface area contributed by atoms with Crippen LogP contribution < -0.4 is 5.32 Å². The van der Waals surface area contributed by atoms with Crippen LogP contribution in [0.4, 0.5) is 0 Å². The van der Waals surface area contributed by atoms with Gasteiger partial charge in [0.15, 0.2) is 0 Å². The van der Waals surface area contributed by atoms with E-state index < -0.39 is 0 Å². The number of likely N-dealkylation sites (N-methyl/N-ethyl adjacent to an activating group) is 1. The minimum atomic E-state index is -0.269. The molecule has 0 fully saturated rings. The minimum absolute atomic E-state index is 0.123. The second kappa shape index (κ2) is 6.86. The number of rotatable bonds is 6. The van der Waals surface area contributed by atoms with Gasteiger partial charge in [0.25, 0.3) is 0 Å². The van der Waals surface area contributed by atoms with Crippen molar-refractivity contribution in [2.45, 2.75) is 19.9 Å². The molecule has 0 aromatic carbocycles. The van der Waals surface area contributed by atoms with Gasteiger partial charge in [0, 0.05) is 13.0 Å². The maximum atomic E-state index is 11.3. The largest absolute Gasteiger partial charge is 0.468 e. The summed E-state index contributed by atoms with van der Waals surface area (Å²) in [5.41, 5.74) is 0. The summed E-state index contributed by atoms with van der Waals surface area (Å²) in [5.74, 6) is -0.108. The number of methoxy groups -OCH3 is 2. The minimum Gasteiger partial charge on any atom is -0.468 e. The van der Waals surface area contributed by atoms with Crippen molar-refractivity contribution in [1.29, 1.82) is 0 Å². The highest BCUT2D eigenvalue weighted by atomic mass is 16.5. The number of carbonyl (C=O) groups is 1. The van der Waals surface area contributed by atoms with Crippen molar-refractivity contribution in [3.05, 3.63) is 0 Å². The van der Waals surface area contributed by atoms with Gasteiger partial charge in [0.1, 0.15) is 6.04 Å². The molecule has 0 aromatic heterocycles. The Morgan fingerprint density at radius 1 is 1.46 bits per heavy atom. The first-order chi connectivity index (χ1) is 6.17. The molecule has 13 heavy (non-hydrogen) atoms. The molecule has 0 rings (SSSR count). The van der Waals surface area contributed by atoms with Gasteiger partial charge < -0.3 is 14.8 Å². The van der Waals surface area contributed by atoms with E-state index in [0.29, 0.717) is 6.61 Å². The lowest BCUT2D eigenvalue weighted by atomic mass is 10.0. The van der Waals surface area contributed by atoms with Gasteiger partial charge in [-0.15, -0.1) is 0 Å². The average Bonchev–Trinajstić information content (AvgIpc) is 2.13. The first kappa shape index (κ1) is 12.4. The zero-order valence-electron chi connectivity index (χ0n) is 8.79. The summed E-state index contributed by atoms with van der Waals surface area (Å²) < 4.78 is 9.65. The molecular weight excluding hydrogens is 170 g/mol. The highest BCUT2D eigenvalue weighted by Crippen LogP contribution is 2.05. The summed E-state index contributed by atoms with van der Waals surface area (Å²) in [4.78, 5) is 11.3. The first-order valence-corrected chi connectivity index (χ1v) is 4.47. The molecule has 0 aromatic rings. The lowest BCUT2D eigenvalue weighted by Gasteiger charge is -2.21. The summed E-state index contributed by atoms with van der Waals surface area (Å²) >= 11 is 0. The number of hydrogen-bond donors (Lipinski definition) is 1. The molecule has 0 heterocycles. The third kappa shape index (κ3) is 4.24. The lowest BCUT2D eigenvalue weighted by Crippen LogP contribution is -2.44. The molecule has 0 aliphatic heterocycles. The maximum absolute atomic E-state index is 11.3. The van der Waals surface area contributed by atoms with Gasteiger partial charge in [-0.1, -0.05) is 13.8 Å².